The molecule has 0 aliphatic heterocycles. The number of aromatic hydroxyl groups is 2. The Morgan fingerprint density at radius 3 is 1.45 bits per heavy atom. The van der Waals surface area contributed by atoms with Crippen molar-refractivity contribution < 1.29 is 19.0 Å². The zero-order chi connectivity index (χ0) is 36.6. The minimum atomic E-state index is -0.720. The average molecular weight is 867 g/mol. The van der Waals surface area contributed by atoms with Gasteiger partial charge in [0.25, 0.3) is 0 Å². The molecule has 0 saturated carbocycles. The van der Waals surface area contributed by atoms with Gasteiger partial charge < -0.3 is 19.0 Å². The molecule has 260 valence electrons. The van der Waals surface area contributed by atoms with Crippen molar-refractivity contribution in [1.82, 2.24) is 9.97 Å². The van der Waals surface area contributed by atoms with E-state index in [-0.39, 0.29) is 45.2 Å². The van der Waals surface area contributed by atoms with Crippen LogP contribution in [-0.2, 0) is 6.42 Å². The lowest BCUT2D eigenvalue weighted by Gasteiger charge is -2.09. The van der Waals surface area contributed by atoms with E-state index >= 15 is 0 Å². The topological polar surface area (TPSA) is 151 Å². The Morgan fingerprint density at radius 1 is 0.623 bits per heavy atom. The summed E-state index contributed by atoms with van der Waals surface area (Å²) in [6.07, 6.45) is 3.72. The maximum atomic E-state index is 13.0. The average Bonchev–Trinajstić information content (AvgIpc) is 3.82. The molecule has 4 heterocycles. The van der Waals surface area contributed by atoms with Crippen molar-refractivity contribution in [2.75, 3.05) is 0 Å². The molecular weight excluding hydrogens is 844 g/mol. The number of hydrogen-bond acceptors (Lipinski definition) is 12. The first-order valence-electron chi connectivity index (χ1n) is 15.8. The van der Waals surface area contributed by atoms with Gasteiger partial charge in [-0.25, -0.2) is 29.5 Å². The molecule has 8 aromatic rings. The monoisotopic (exact) mass is 864 g/mol. The number of thiazole rings is 2. The van der Waals surface area contributed by atoms with Crippen molar-refractivity contribution >= 4 is 99.2 Å². The molecule has 0 spiro atoms. The second kappa shape index (κ2) is 14.5. The molecule has 53 heavy (non-hydrogen) atoms. The molecule has 8 rings (SSSR count). The molecule has 0 amide bonds. The van der Waals surface area contributed by atoms with Crippen molar-refractivity contribution in [3.8, 4) is 34.0 Å². The van der Waals surface area contributed by atoms with Gasteiger partial charge in [-0.05, 0) is 77.2 Å². The van der Waals surface area contributed by atoms with Gasteiger partial charge in [-0.1, -0.05) is 68.3 Å². The molecule has 0 radical (unpaired) electrons. The Hall–Kier alpha value is -5.54. The van der Waals surface area contributed by atoms with Crippen LogP contribution in [0.15, 0.2) is 133 Å². The highest BCUT2D eigenvalue weighted by molar-refractivity contribution is 9.10. The Labute approximate surface area is 324 Å². The first kappa shape index (κ1) is 34.5. The zero-order valence-electron chi connectivity index (χ0n) is 27.0. The quantitative estimate of drug-likeness (QED) is 0.113. The van der Waals surface area contributed by atoms with Crippen LogP contribution in [0.3, 0.4) is 0 Å². The summed E-state index contributed by atoms with van der Waals surface area (Å²) < 4.78 is 13.1. The maximum Gasteiger partial charge on any atom is 0.349 e. The van der Waals surface area contributed by atoms with Gasteiger partial charge in [-0.3, -0.25) is 0 Å². The fourth-order valence-corrected chi connectivity index (χ4v) is 7.44. The Morgan fingerprint density at radius 2 is 1.04 bits per heavy atom. The molecule has 2 N–H and O–H groups in total. The van der Waals surface area contributed by atoms with Crippen LogP contribution in [0.25, 0.3) is 44.5 Å². The van der Waals surface area contributed by atoms with E-state index in [2.05, 4.69) is 51.8 Å². The Kier molecular flexibility index (Phi) is 9.43. The number of fused-ring (bicyclic) bond motifs is 2. The zero-order valence-corrected chi connectivity index (χ0v) is 31.8. The first-order chi connectivity index (χ1) is 25.7. The molecule has 0 unspecified atom stereocenters. The van der Waals surface area contributed by atoms with Gasteiger partial charge in [0.15, 0.2) is 0 Å². The van der Waals surface area contributed by atoms with Crippen LogP contribution in [0.2, 0.25) is 0 Å². The maximum absolute atomic E-state index is 13.0. The third-order valence-corrected chi connectivity index (χ3v) is 10.7. The molecule has 4 aromatic carbocycles. The fraction of sp³-hybridized carbons (Fsp3) is 0.0256. The predicted molar refractivity (Wildman–Crippen MR) is 216 cm³/mol. The summed E-state index contributed by atoms with van der Waals surface area (Å²) in [5.74, 6) is -0.503. The van der Waals surface area contributed by atoms with Gasteiger partial charge in [0, 0.05) is 32.1 Å². The predicted octanol–water partition coefficient (Wildman–Crippen LogP) is 10.2. The van der Waals surface area contributed by atoms with Crippen LogP contribution >= 0.6 is 54.5 Å². The molecule has 14 heteroatoms. The van der Waals surface area contributed by atoms with Crippen LogP contribution in [0.4, 0.5) is 10.3 Å². The van der Waals surface area contributed by atoms with Crippen LogP contribution in [-0.4, -0.2) is 32.6 Å². The number of aliphatic imine (C=N–C) groups is 2. The second-order valence-corrected chi connectivity index (χ2v) is 15.2. The van der Waals surface area contributed by atoms with Gasteiger partial charge in [0.05, 0.1) is 22.2 Å². The number of rotatable bonds is 8. The summed E-state index contributed by atoms with van der Waals surface area (Å²) in [6, 6.07) is 25.5. The third kappa shape index (κ3) is 7.26. The van der Waals surface area contributed by atoms with E-state index < -0.39 is 11.3 Å². The van der Waals surface area contributed by atoms with Crippen molar-refractivity contribution in [3.63, 3.8) is 0 Å². The highest BCUT2D eigenvalue weighted by Crippen LogP contribution is 2.38. The van der Waals surface area contributed by atoms with E-state index in [1.165, 1.54) is 22.7 Å². The molecule has 0 fully saturated rings. The van der Waals surface area contributed by atoms with E-state index in [0.29, 0.717) is 27.5 Å². The summed E-state index contributed by atoms with van der Waals surface area (Å²) in [5, 5.41) is 27.5. The first-order valence-corrected chi connectivity index (χ1v) is 19.1. The van der Waals surface area contributed by atoms with Gasteiger partial charge in [-0.2, -0.15) is 0 Å². The highest BCUT2D eigenvalue weighted by Gasteiger charge is 2.21. The van der Waals surface area contributed by atoms with Crippen LogP contribution < -0.4 is 11.3 Å². The summed E-state index contributed by atoms with van der Waals surface area (Å²) in [7, 11) is 0. The molecule has 0 aliphatic rings. The molecule has 4 aromatic heterocycles. The fourth-order valence-electron chi connectivity index (χ4n) is 5.61. The smallest absolute Gasteiger partial charge is 0.349 e. The van der Waals surface area contributed by atoms with Crippen LogP contribution in [0.5, 0.6) is 11.5 Å². The Bertz CT molecular complexity index is 2670. The van der Waals surface area contributed by atoms with Gasteiger partial charge >= 0.3 is 11.3 Å². The number of benzene rings is 4. The van der Waals surface area contributed by atoms with Gasteiger partial charge in [0.2, 0.25) is 10.3 Å². The van der Waals surface area contributed by atoms with E-state index in [9.17, 15) is 19.8 Å². The number of aromatic nitrogens is 2. The summed E-state index contributed by atoms with van der Waals surface area (Å²) in [6.45, 7) is 0. The van der Waals surface area contributed by atoms with Crippen LogP contribution in [0, 0.1) is 0 Å². The highest BCUT2D eigenvalue weighted by atomic mass is 79.9. The standard InChI is InChI=1S/C39H22Br2N4O6S2/c40-24-7-1-20(2-8-24)16-42-38-44-28(18-52-38)32-34(46)26-14-22(5-11-30(26)50-36(32)48)13-23-6-12-31-27(15-23)35(47)33(37(49)51-31)29-19-53-39(45-29)43-17-21-3-9-25(41)10-4-21/h1-12,14-19,46-47H,13H2/b42-16-,43-17+. The normalized spacial score (nSPS) is 11.8. The number of halogens is 2. The van der Waals surface area contributed by atoms with E-state index in [0.717, 1.165) is 31.2 Å². The molecule has 0 atom stereocenters. The lowest BCUT2D eigenvalue weighted by molar-refractivity contribution is 0.470. The van der Waals surface area contributed by atoms with Crippen LogP contribution in [0.1, 0.15) is 22.3 Å². The molecule has 0 bridgehead atoms. The van der Waals surface area contributed by atoms with Crippen molar-refractivity contribution in [1.29, 1.82) is 0 Å². The summed E-state index contributed by atoms with van der Waals surface area (Å²) >= 11 is 9.28. The minimum Gasteiger partial charge on any atom is -0.506 e. The van der Waals surface area contributed by atoms with Crippen molar-refractivity contribution in [2.24, 2.45) is 9.98 Å². The third-order valence-electron chi connectivity index (χ3n) is 8.18. The summed E-state index contributed by atoms with van der Waals surface area (Å²) in [5.41, 5.74) is 2.72. The Balaban J connectivity index is 1.07. The van der Waals surface area contributed by atoms with Crippen molar-refractivity contribution in [3.05, 3.63) is 148 Å². The van der Waals surface area contributed by atoms with Crippen molar-refractivity contribution in [2.45, 2.75) is 6.42 Å². The van der Waals surface area contributed by atoms with E-state index in [1.54, 1.807) is 59.6 Å². The lowest BCUT2D eigenvalue weighted by Crippen LogP contribution is -2.04. The molecule has 10 nitrogen and oxygen atoms in total. The van der Waals surface area contributed by atoms with E-state index in [1.807, 2.05) is 48.5 Å². The number of hydrogen-bond donors (Lipinski definition) is 2. The van der Waals surface area contributed by atoms with E-state index in [4.69, 9.17) is 8.83 Å². The molecule has 0 aliphatic carbocycles. The lowest BCUT2D eigenvalue weighted by atomic mass is 10.00. The van der Waals surface area contributed by atoms with Gasteiger partial charge in [0.1, 0.15) is 33.8 Å². The summed E-state index contributed by atoms with van der Waals surface area (Å²) in [4.78, 5) is 43.7. The number of nitrogens with zero attached hydrogens (tertiary/aromatic N) is 4. The molecular formula is C39H22Br2N4O6S2. The molecule has 0 saturated heterocycles. The minimum absolute atomic E-state index is 0.0571. The second-order valence-electron chi connectivity index (χ2n) is 11.7. The SMILES string of the molecule is O=c1oc2ccc(Cc3ccc4oc(=O)c(-c5csc(/N=C/c6ccc(Br)cc6)n5)c(O)c4c3)cc2c(O)c1-c1csc(/N=C\c2ccc(Br)cc2)n1. The van der Waals surface area contributed by atoms with Gasteiger partial charge in [-0.15, -0.1) is 22.7 Å². The largest absolute Gasteiger partial charge is 0.506 e.